The van der Waals surface area contributed by atoms with Gasteiger partial charge in [-0.05, 0) is 18.2 Å². The van der Waals surface area contributed by atoms with Crippen molar-refractivity contribution in [3.8, 4) is 5.75 Å². The minimum absolute atomic E-state index is 0.113. The topological polar surface area (TPSA) is 79.6 Å². The van der Waals surface area contributed by atoms with E-state index in [2.05, 4.69) is 6.07 Å². The minimum Gasteiger partial charge on any atom is -0.544 e. The van der Waals surface area contributed by atoms with Gasteiger partial charge in [-0.15, -0.1) is 0 Å². The Labute approximate surface area is 140 Å². The fourth-order valence-corrected chi connectivity index (χ4v) is 4.40. The van der Waals surface area contributed by atoms with E-state index in [1.54, 1.807) is 18.9 Å². The van der Waals surface area contributed by atoms with Crippen molar-refractivity contribution in [2.75, 3.05) is 39.2 Å². The first-order valence-electron chi connectivity index (χ1n) is 7.93. The number of carbonyl (C=O) groups is 1. The third kappa shape index (κ3) is 3.98. The lowest BCUT2D eigenvalue weighted by molar-refractivity contribution is -0.921. The molecule has 126 valence electrons. The molecule has 3 rings (SSSR count). The number of hydrogen-bond acceptors (Lipinski definition) is 5. The van der Waals surface area contributed by atoms with Crippen LogP contribution >= 0.6 is 11.8 Å². The second-order valence-electron chi connectivity index (χ2n) is 5.98. The monoisotopic (exact) mass is 339 g/mol. The molecule has 0 radical (unpaired) electrons. The SMILES string of the molecule is COc1ccc([C@@H]2[NH2+][C@H](C(=O)[O-])CS2)cc1C[NH+]1CCOCC1. The van der Waals surface area contributed by atoms with Crippen molar-refractivity contribution in [1.82, 2.24) is 0 Å². The summed E-state index contributed by atoms with van der Waals surface area (Å²) < 4.78 is 10.9. The number of carbonyl (C=O) groups excluding carboxylic acids is 1. The van der Waals surface area contributed by atoms with Crippen molar-refractivity contribution in [1.29, 1.82) is 0 Å². The molecule has 2 aliphatic rings. The zero-order valence-electron chi connectivity index (χ0n) is 13.2. The van der Waals surface area contributed by atoms with E-state index in [4.69, 9.17) is 9.47 Å². The first kappa shape index (κ1) is 16.6. The molecular weight excluding hydrogens is 316 g/mol. The Morgan fingerprint density at radius 3 is 2.91 bits per heavy atom. The molecule has 0 unspecified atom stereocenters. The van der Waals surface area contributed by atoms with Crippen LogP contribution in [0.3, 0.4) is 0 Å². The number of morpholine rings is 1. The average molecular weight is 339 g/mol. The quantitative estimate of drug-likeness (QED) is 0.622. The second-order valence-corrected chi connectivity index (χ2v) is 7.16. The van der Waals surface area contributed by atoms with Crippen LogP contribution in [0.25, 0.3) is 0 Å². The number of carboxylic acid groups (broad SMARTS) is 1. The van der Waals surface area contributed by atoms with E-state index >= 15 is 0 Å². The van der Waals surface area contributed by atoms with Crippen molar-refractivity contribution in [2.45, 2.75) is 18.0 Å². The fraction of sp³-hybridized carbons (Fsp3) is 0.562. The molecule has 2 fully saturated rings. The van der Waals surface area contributed by atoms with E-state index in [1.165, 1.54) is 10.5 Å². The summed E-state index contributed by atoms with van der Waals surface area (Å²) in [7, 11) is 1.69. The lowest BCUT2D eigenvalue weighted by Crippen LogP contribution is -3.12. The van der Waals surface area contributed by atoms with E-state index in [-0.39, 0.29) is 5.37 Å². The summed E-state index contributed by atoms with van der Waals surface area (Å²) in [5, 5.41) is 13.0. The highest BCUT2D eigenvalue weighted by molar-refractivity contribution is 7.99. The number of nitrogens with one attached hydrogen (secondary N) is 1. The summed E-state index contributed by atoms with van der Waals surface area (Å²) in [6, 6.07) is 5.72. The summed E-state index contributed by atoms with van der Waals surface area (Å²) in [5.74, 6) is 0.502. The number of quaternary nitrogens is 2. The maximum absolute atomic E-state index is 11.0. The second kappa shape index (κ2) is 7.53. The lowest BCUT2D eigenvalue weighted by atomic mass is 10.1. The predicted octanol–water partition coefficient (Wildman–Crippen LogP) is -2.46. The number of hydrogen-bond donors (Lipinski definition) is 2. The van der Waals surface area contributed by atoms with Gasteiger partial charge in [0.05, 0.1) is 26.1 Å². The number of methoxy groups -OCH3 is 1. The van der Waals surface area contributed by atoms with Crippen LogP contribution in [-0.4, -0.2) is 51.2 Å². The maximum Gasteiger partial charge on any atom is 0.159 e. The van der Waals surface area contributed by atoms with E-state index in [0.717, 1.165) is 44.2 Å². The molecule has 3 N–H and O–H groups in total. The molecule has 0 spiro atoms. The van der Waals surface area contributed by atoms with Gasteiger partial charge in [0.15, 0.2) is 5.37 Å². The summed E-state index contributed by atoms with van der Waals surface area (Å²) in [6.07, 6.45) is 0. The minimum atomic E-state index is -0.980. The van der Waals surface area contributed by atoms with Gasteiger partial charge in [-0.1, -0.05) is 11.8 Å². The molecule has 0 bridgehead atoms. The molecular formula is C16H23N2O4S+. The zero-order valence-corrected chi connectivity index (χ0v) is 14.1. The molecule has 1 aromatic rings. The summed E-state index contributed by atoms with van der Waals surface area (Å²) in [6.45, 7) is 4.52. The molecule has 0 aromatic heterocycles. The molecule has 6 nitrogen and oxygen atoms in total. The van der Waals surface area contributed by atoms with Crippen LogP contribution in [0.4, 0.5) is 0 Å². The third-order valence-electron chi connectivity index (χ3n) is 4.44. The number of ether oxygens (including phenoxy) is 2. The Kier molecular flexibility index (Phi) is 5.42. The lowest BCUT2D eigenvalue weighted by Gasteiger charge is -2.24. The first-order valence-corrected chi connectivity index (χ1v) is 8.98. The zero-order chi connectivity index (χ0) is 16.2. The number of aliphatic carboxylic acids is 1. The van der Waals surface area contributed by atoms with Crippen molar-refractivity contribution in [3.63, 3.8) is 0 Å². The normalized spacial score (nSPS) is 25.4. The van der Waals surface area contributed by atoms with Gasteiger partial charge >= 0.3 is 0 Å². The highest BCUT2D eigenvalue weighted by Gasteiger charge is 2.31. The van der Waals surface area contributed by atoms with Crippen LogP contribution < -0.4 is 20.1 Å². The average Bonchev–Trinajstić information content (AvgIpc) is 3.06. The molecule has 0 amide bonds. The van der Waals surface area contributed by atoms with E-state index in [9.17, 15) is 9.90 Å². The molecule has 0 aliphatic carbocycles. The van der Waals surface area contributed by atoms with Gasteiger partial charge < -0.3 is 29.6 Å². The van der Waals surface area contributed by atoms with Crippen molar-refractivity contribution in [2.24, 2.45) is 0 Å². The van der Waals surface area contributed by atoms with Crippen LogP contribution in [0.15, 0.2) is 18.2 Å². The summed E-state index contributed by atoms with van der Waals surface area (Å²) >= 11 is 1.66. The maximum atomic E-state index is 11.0. The Morgan fingerprint density at radius 2 is 2.26 bits per heavy atom. The number of carboxylic acids is 1. The van der Waals surface area contributed by atoms with Gasteiger partial charge in [0.1, 0.15) is 37.4 Å². The standard InChI is InChI=1S/C16H22N2O4S/c1-21-14-3-2-11(15-17-13(10-23-15)16(19)20)8-12(14)9-18-4-6-22-7-5-18/h2-3,8,13,15,17H,4-7,9-10H2,1H3,(H,19,20)/p+1/t13-,15+/m0/s1. The number of benzene rings is 1. The summed E-state index contributed by atoms with van der Waals surface area (Å²) in [4.78, 5) is 12.5. The molecule has 2 saturated heterocycles. The molecule has 23 heavy (non-hydrogen) atoms. The van der Waals surface area contributed by atoms with Gasteiger partial charge in [-0.3, -0.25) is 0 Å². The van der Waals surface area contributed by atoms with Gasteiger partial charge in [-0.2, -0.15) is 0 Å². The van der Waals surface area contributed by atoms with Crippen molar-refractivity contribution in [3.05, 3.63) is 29.3 Å². The highest BCUT2D eigenvalue weighted by atomic mass is 32.2. The van der Waals surface area contributed by atoms with Crippen LogP contribution in [-0.2, 0) is 16.1 Å². The predicted molar refractivity (Wildman–Crippen MR) is 84.1 cm³/mol. The smallest absolute Gasteiger partial charge is 0.159 e. The van der Waals surface area contributed by atoms with Crippen LogP contribution in [0, 0.1) is 0 Å². The molecule has 2 heterocycles. The van der Waals surface area contributed by atoms with Crippen molar-refractivity contribution >= 4 is 17.7 Å². The molecule has 2 atom stereocenters. The summed E-state index contributed by atoms with van der Waals surface area (Å²) in [5.41, 5.74) is 2.31. The molecule has 2 aliphatic heterocycles. The van der Waals surface area contributed by atoms with Gasteiger partial charge in [0, 0.05) is 11.1 Å². The Morgan fingerprint density at radius 1 is 1.48 bits per heavy atom. The molecule has 7 heteroatoms. The highest BCUT2D eigenvalue weighted by Crippen LogP contribution is 2.30. The van der Waals surface area contributed by atoms with Crippen LogP contribution in [0.2, 0.25) is 0 Å². The Bertz CT molecular complexity index is 563. The first-order chi connectivity index (χ1) is 11.2. The van der Waals surface area contributed by atoms with E-state index in [0.29, 0.717) is 5.75 Å². The van der Waals surface area contributed by atoms with Crippen LogP contribution in [0.1, 0.15) is 16.5 Å². The third-order valence-corrected chi connectivity index (χ3v) is 5.78. The number of rotatable bonds is 5. The Balaban J connectivity index is 1.74. The van der Waals surface area contributed by atoms with Crippen molar-refractivity contribution < 1.29 is 29.6 Å². The van der Waals surface area contributed by atoms with Gasteiger partial charge in [-0.25, -0.2) is 0 Å². The fourth-order valence-electron chi connectivity index (χ4n) is 3.10. The van der Waals surface area contributed by atoms with E-state index < -0.39 is 12.0 Å². The number of thioether (sulfide) groups is 1. The Hall–Kier alpha value is -1.28. The van der Waals surface area contributed by atoms with Gasteiger partial charge in [0.2, 0.25) is 0 Å². The molecule has 0 saturated carbocycles. The van der Waals surface area contributed by atoms with E-state index in [1.807, 2.05) is 17.4 Å². The molecule has 1 aromatic carbocycles. The van der Waals surface area contributed by atoms with Gasteiger partial charge in [0.25, 0.3) is 0 Å². The van der Waals surface area contributed by atoms with Crippen LogP contribution in [0.5, 0.6) is 5.75 Å². The number of nitrogens with two attached hydrogens (primary N) is 1. The largest absolute Gasteiger partial charge is 0.544 e.